The van der Waals surface area contributed by atoms with Crippen LogP contribution in [0, 0.1) is 13.8 Å². The van der Waals surface area contributed by atoms with Crippen LogP contribution in [0.25, 0.3) is 27.6 Å². The molecule has 4 aromatic rings. The standard InChI is InChI=1S/C19H16N2O/c1-12-9-13(2)19(20-11-12)21-17-6-4-3-5-15(17)16-8-7-14(22)10-18(16)21/h3-11,22H,1-2H3. The van der Waals surface area contributed by atoms with Crippen molar-refractivity contribution in [1.29, 1.82) is 0 Å². The minimum Gasteiger partial charge on any atom is -0.508 e. The summed E-state index contributed by atoms with van der Waals surface area (Å²) in [6, 6.07) is 15.9. The molecule has 3 nitrogen and oxygen atoms in total. The number of aryl methyl sites for hydroxylation is 2. The number of phenols is 1. The molecule has 0 fully saturated rings. The molecule has 1 N–H and O–H groups in total. The van der Waals surface area contributed by atoms with Gasteiger partial charge in [-0.1, -0.05) is 24.3 Å². The van der Waals surface area contributed by atoms with Gasteiger partial charge in [-0.05, 0) is 43.2 Å². The summed E-state index contributed by atoms with van der Waals surface area (Å²) in [5.74, 6) is 1.17. The number of benzene rings is 2. The molecule has 0 amide bonds. The fraction of sp³-hybridized carbons (Fsp3) is 0.105. The Bertz CT molecular complexity index is 1010. The maximum absolute atomic E-state index is 9.91. The van der Waals surface area contributed by atoms with Gasteiger partial charge in [-0.3, -0.25) is 4.57 Å². The number of para-hydroxylation sites is 1. The van der Waals surface area contributed by atoms with Crippen LogP contribution in [0.3, 0.4) is 0 Å². The highest BCUT2D eigenvalue weighted by molar-refractivity contribution is 6.09. The second kappa shape index (κ2) is 4.60. The van der Waals surface area contributed by atoms with E-state index in [0.717, 1.165) is 33.4 Å². The predicted octanol–water partition coefficient (Wildman–Crippen LogP) is 4.50. The lowest BCUT2D eigenvalue weighted by Gasteiger charge is -2.10. The van der Waals surface area contributed by atoms with E-state index in [4.69, 9.17) is 0 Å². The highest BCUT2D eigenvalue weighted by atomic mass is 16.3. The summed E-state index contributed by atoms with van der Waals surface area (Å²) in [5.41, 5.74) is 4.33. The number of rotatable bonds is 1. The van der Waals surface area contributed by atoms with Crippen LogP contribution in [0.5, 0.6) is 5.75 Å². The van der Waals surface area contributed by atoms with Crippen LogP contribution in [0.2, 0.25) is 0 Å². The van der Waals surface area contributed by atoms with Crippen molar-refractivity contribution in [3.63, 3.8) is 0 Å². The van der Waals surface area contributed by atoms with Crippen molar-refractivity contribution in [2.75, 3.05) is 0 Å². The zero-order valence-electron chi connectivity index (χ0n) is 12.5. The number of pyridine rings is 1. The molecule has 0 radical (unpaired) electrons. The molecule has 0 aliphatic carbocycles. The third-order valence-corrected chi connectivity index (χ3v) is 4.06. The number of fused-ring (bicyclic) bond motifs is 3. The highest BCUT2D eigenvalue weighted by Gasteiger charge is 2.14. The van der Waals surface area contributed by atoms with Crippen LogP contribution in [-0.2, 0) is 0 Å². The third-order valence-electron chi connectivity index (χ3n) is 4.06. The maximum atomic E-state index is 9.91. The number of aromatic nitrogens is 2. The largest absolute Gasteiger partial charge is 0.508 e. The molecule has 0 aliphatic heterocycles. The zero-order valence-corrected chi connectivity index (χ0v) is 12.5. The topological polar surface area (TPSA) is 38.0 Å². The molecule has 0 atom stereocenters. The second-order valence-electron chi connectivity index (χ2n) is 5.71. The number of hydrogen-bond donors (Lipinski definition) is 1. The summed E-state index contributed by atoms with van der Waals surface area (Å²) in [5, 5.41) is 12.2. The van der Waals surface area contributed by atoms with E-state index >= 15 is 0 Å². The fourth-order valence-corrected chi connectivity index (χ4v) is 3.13. The molecule has 0 unspecified atom stereocenters. The fourth-order valence-electron chi connectivity index (χ4n) is 3.13. The first-order valence-corrected chi connectivity index (χ1v) is 7.31. The van der Waals surface area contributed by atoms with E-state index in [1.807, 2.05) is 31.3 Å². The monoisotopic (exact) mass is 288 g/mol. The van der Waals surface area contributed by atoms with Crippen LogP contribution in [0.15, 0.2) is 54.7 Å². The summed E-state index contributed by atoms with van der Waals surface area (Å²) in [6.07, 6.45) is 1.88. The number of nitrogens with zero attached hydrogens (tertiary/aromatic N) is 2. The lowest BCUT2D eigenvalue weighted by Crippen LogP contribution is -2.00. The maximum Gasteiger partial charge on any atom is 0.140 e. The molecule has 22 heavy (non-hydrogen) atoms. The van der Waals surface area contributed by atoms with Crippen LogP contribution in [-0.4, -0.2) is 14.7 Å². The first kappa shape index (κ1) is 12.9. The molecule has 4 rings (SSSR count). The average molecular weight is 288 g/mol. The summed E-state index contributed by atoms with van der Waals surface area (Å²) < 4.78 is 2.12. The molecule has 0 spiro atoms. The molecule has 2 aromatic heterocycles. The van der Waals surface area contributed by atoms with Gasteiger partial charge < -0.3 is 5.11 Å². The van der Waals surface area contributed by atoms with Gasteiger partial charge in [-0.25, -0.2) is 4.98 Å². The first-order valence-electron chi connectivity index (χ1n) is 7.31. The van der Waals surface area contributed by atoms with E-state index in [9.17, 15) is 5.11 Å². The average Bonchev–Trinajstić information content (AvgIpc) is 2.81. The molecular formula is C19H16N2O. The normalized spacial score (nSPS) is 11.4. The van der Waals surface area contributed by atoms with Crippen LogP contribution in [0.4, 0.5) is 0 Å². The van der Waals surface area contributed by atoms with Gasteiger partial charge in [-0.15, -0.1) is 0 Å². The lowest BCUT2D eigenvalue weighted by molar-refractivity contribution is 0.476. The Morgan fingerprint density at radius 3 is 2.50 bits per heavy atom. The van der Waals surface area contributed by atoms with Crippen molar-refractivity contribution in [1.82, 2.24) is 9.55 Å². The van der Waals surface area contributed by atoms with Crippen LogP contribution < -0.4 is 0 Å². The summed E-state index contributed by atoms with van der Waals surface area (Å²) in [4.78, 5) is 4.63. The number of phenolic OH excluding ortho intramolecular Hbond substituents is 1. The number of aromatic hydroxyl groups is 1. The second-order valence-corrected chi connectivity index (χ2v) is 5.71. The third kappa shape index (κ3) is 1.79. The van der Waals surface area contributed by atoms with E-state index < -0.39 is 0 Å². The Balaban J connectivity index is 2.21. The van der Waals surface area contributed by atoms with Crippen LogP contribution in [0.1, 0.15) is 11.1 Å². The van der Waals surface area contributed by atoms with Gasteiger partial charge in [0.15, 0.2) is 0 Å². The van der Waals surface area contributed by atoms with Gasteiger partial charge >= 0.3 is 0 Å². The molecular weight excluding hydrogens is 272 g/mol. The Labute approximate surface area is 128 Å². The highest BCUT2D eigenvalue weighted by Crippen LogP contribution is 2.33. The molecule has 108 valence electrons. The summed E-state index contributed by atoms with van der Waals surface area (Å²) in [7, 11) is 0. The summed E-state index contributed by atoms with van der Waals surface area (Å²) in [6.45, 7) is 4.11. The zero-order chi connectivity index (χ0) is 15.3. The van der Waals surface area contributed by atoms with Gasteiger partial charge in [0.1, 0.15) is 11.6 Å². The van der Waals surface area contributed by atoms with E-state index in [1.54, 1.807) is 12.1 Å². The van der Waals surface area contributed by atoms with Crippen molar-refractivity contribution in [2.45, 2.75) is 13.8 Å². The van der Waals surface area contributed by atoms with Crippen molar-refractivity contribution < 1.29 is 5.11 Å². The number of hydrogen-bond acceptors (Lipinski definition) is 2. The minimum absolute atomic E-state index is 0.265. The Hall–Kier alpha value is -2.81. The molecule has 0 bridgehead atoms. The van der Waals surface area contributed by atoms with Gasteiger partial charge in [0, 0.05) is 23.0 Å². The SMILES string of the molecule is Cc1cnc(-n2c3ccccc3c3ccc(O)cc32)c(C)c1. The molecule has 2 heterocycles. The summed E-state index contributed by atoms with van der Waals surface area (Å²) >= 11 is 0. The Kier molecular flexibility index (Phi) is 2.70. The quantitative estimate of drug-likeness (QED) is 0.560. The van der Waals surface area contributed by atoms with E-state index in [0.29, 0.717) is 0 Å². The van der Waals surface area contributed by atoms with Crippen molar-refractivity contribution >= 4 is 21.8 Å². The van der Waals surface area contributed by atoms with Gasteiger partial charge in [0.2, 0.25) is 0 Å². The van der Waals surface area contributed by atoms with Crippen molar-refractivity contribution in [3.8, 4) is 11.6 Å². The van der Waals surface area contributed by atoms with Crippen LogP contribution >= 0.6 is 0 Å². The van der Waals surface area contributed by atoms with Crippen molar-refractivity contribution in [2.24, 2.45) is 0 Å². The Morgan fingerprint density at radius 1 is 0.909 bits per heavy atom. The predicted molar refractivity (Wildman–Crippen MR) is 89.7 cm³/mol. The molecule has 0 saturated carbocycles. The molecule has 3 heteroatoms. The Morgan fingerprint density at radius 2 is 1.68 bits per heavy atom. The molecule has 0 saturated heterocycles. The molecule has 0 aliphatic rings. The van der Waals surface area contributed by atoms with E-state index in [2.05, 4.69) is 34.7 Å². The minimum atomic E-state index is 0.265. The first-order chi connectivity index (χ1) is 10.6. The lowest BCUT2D eigenvalue weighted by atomic mass is 10.1. The van der Waals surface area contributed by atoms with Gasteiger partial charge in [0.25, 0.3) is 0 Å². The van der Waals surface area contributed by atoms with Gasteiger partial charge in [-0.2, -0.15) is 0 Å². The van der Waals surface area contributed by atoms with Crippen molar-refractivity contribution in [3.05, 3.63) is 65.9 Å². The van der Waals surface area contributed by atoms with E-state index in [1.165, 1.54) is 5.39 Å². The smallest absolute Gasteiger partial charge is 0.140 e. The van der Waals surface area contributed by atoms with E-state index in [-0.39, 0.29) is 5.75 Å². The van der Waals surface area contributed by atoms with Gasteiger partial charge in [0.05, 0.1) is 11.0 Å². The molecule has 2 aromatic carbocycles.